The highest BCUT2D eigenvalue weighted by Gasteiger charge is 2.09. The first-order valence-electron chi connectivity index (χ1n) is 10.5. The van der Waals surface area contributed by atoms with Crippen molar-refractivity contribution < 1.29 is 8.85 Å². The quantitative estimate of drug-likeness (QED) is 0.224. The Labute approximate surface area is 154 Å². The standard InChI is InChI=1S/C20H45NO2Si/c1-5-6-7-8-9-10-11-12-13-14-15-16-18-21(2)19-17-20-24(22-3)23-4/h24H,5-20H2,1-4H3. The molecule has 0 bridgehead atoms. The second-order valence-electron chi connectivity index (χ2n) is 7.24. The molecule has 0 aromatic heterocycles. The Morgan fingerprint density at radius 1 is 0.625 bits per heavy atom. The Balaban J connectivity index is 3.20. The molecule has 3 nitrogen and oxygen atoms in total. The van der Waals surface area contributed by atoms with Crippen molar-refractivity contribution >= 4 is 9.28 Å². The summed E-state index contributed by atoms with van der Waals surface area (Å²) in [7, 11) is 4.45. The molecular formula is C20H45NO2Si. The number of nitrogens with zero attached hydrogens (tertiary/aromatic N) is 1. The maximum absolute atomic E-state index is 5.36. The summed E-state index contributed by atoms with van der Waals surface area (Å²) in [6.45, 7) is 4.70. The van der Waals surface area contributed by atoms with E-state index in [-0.39, 0.29) is 0 Å². The van der Waals surface area contributed by atoms with Crippen LogP contribution in [0.3, 0.4) is 0 Å². The van der Waals surface area contributed by atoms with Crippen molar-refractivity contribution in [2.75, 3.05) is 34.4 Å². The maximum Gasteiger partial charge on any atom is 0.320 e. The van der Waals surface area contributed by atoms with Crippen LogP contribution in [0.25, 0.3) is 0 Å². The molecule has 0 heterocycles. The van der Waals surface area contributed by atoms with Crippen LogP contribution in [0.5, 0.6) is 0 Å². The predicted molar refractivity (Wildman–Crippen MR) is 109 cm³/mol. The lowest BCUT2D eigenvalue weighted by molar-refractivity contribution is 0.270. The molecule has 0 amide bonds. The van der Waals surface area contributed by atoms with Gasteiger partial charge < -0.3 is 13.8 Å². The van der Waals surface area contributed by atoms with Crippen LogP contribution in [-0.4, -0.2) is 48.5 Å². The smallest absolute Gasteiger partial charge is 0.320 e. The lowest BCUT2D eigenvalue weighted by Gasteiger charge is -2.17. The molecule has 24 heavy (non-hydrogen) atoms. The van der Waals surface area contributed by atoms with Gasteiger partial charge in [0.1, 0.15) is 0 Å². The van der Waals surface area contributed by atoms with E-state index in [1.54, 1.807) is 14.2 Å². The van der Waals surface area contributed by atoms with Gasteiger partial charge in [0.15, 0.2) is 0 Å². The first kappa shape index (κ1) is 24.1. The van der Waals surface area contributed by atoms with Crippen molar-refractivity contribution in [3.05, 3.63) is 0 Å². The second-order valence-corrected chi connectivity index (χ2v) is 9.61. The highest BCUT2D eigenvalue weighted by atomic mass is 28.3. The summed E-state index contributed by atoms with van der Waals surface area (Å²) in [6, 6.07) is 1.12. The van der Waals surface area contributed by atoms with Crippen LogP contribution in [0.4, 0.5) is 0 Å². The summed E-state index contributed by atoms with van der Waals surface area (Å²) in [4.78, 5) is 2.47. The third-order valence-corrected chi connectivity index (χ3v) is 6.83. The van der Waals surface area contributed by atoms with Gasteiger partial charge in [0.2, 0.25) is 0 Å². The van der Waals surface area contributed by atoms with Gasteiger partial charge in [-0.15, -0.1) is 0 Å². The number of hydrogen-bond donors (Lipinski definition) is 0. The largest absolute Gasteiger partial charge is 0.400 e. The highest BCUT2D eigenvalue weighted by Crippen LogP contribution is 2.12. The Morgan fingerprint density at radius 2 is 1.04 bits per heavy atom. The molecule has 0 N–H and O–H groups in total. The fourth-order valence-electron chi connectivity index (χ4n) is 3.19. The Hall–Kier alpha value is 0.0969. The van der Waals surface area contributed by atoms with Gasteiger partial charge >= 0.3 is 9.28 Å². The average Bonchev–Trinajstić information content (AvgIpc) is 2.59. The van der Waals surface area contributed by atoms with Gasteiger partial charge in [0, 0.05) is 14.2 Å². The summed E-state index contributed by atoms with van der Waals surface area (Å²) in [5.41, 5.74) is 0. The minimum atomic E-state index is -1.34. The first-order chi connectivity index (χ1) is 11.7. The van der Waals surface area contributed by atoms with Crippen LogP contribution in [0.1, 0.15) is 90.4 Å². The average molecular weight is 360 g/mol. The van der Waals surface area contributed by atoms with Crippen molar-refractivity contribution in [2.24, 2.45) is 0 Å². The molecular weight excluding hydrogens is 314 g/mol. The molecule has 0 aromatic carbocycles. The van der Waals surface area contributed by atoms with Crippen molar-refractivity contribution in [3.63, 3.8) is 0 Å². The lowest BCUT2D eigenvalue weighted by atomic mass is 10.1. The molecule has 0 aromatic rings. The molecule has 0 saturated carbocycles. The second kappa shape index (κ2) is 19.4. The van der Waals surface area contributed by atoms with Gasteiger partial charge in [-0.3, -0.25) is 0 Å². The van der Waals surface area contributed by atoms with Crippen molar-refractivity contribution in [1.82, 2.24) is 4.90 Å². The summed E-state index contributed by atoms with van der Waals surface area (Å²) >= 11 is 0. The molecule has 0 aliphatic carbocycles. The molecule has 0 aliphatic rings. The fourth-order valence-corrected chi connectivity index (χ4v) is 4.37. The van der Waals surface area contributed by atoms with Crippen LogP contribution in [0.15, 0.2) is 0 Å². The Morgan fingerprint density at radius 3 is 1.50 bits per heavy atom. The van der Waals surface area contributed by atoms with E-state index in [1.165, 1.54) is 96.6 Å². The number of rotatable bonds is 19. The van der Waals surface area contributed by atoms with Crippen LogP contribution in [-0.2, 0) is 8.85 Å². The van der Waals surface area contributed by atoms with E-state index >= 15 is 0 Å². The summed E-state index contributed by atoms with van der Waals surface area (Å²) < 4.78 is 10.7. The SMILES string of the molecule is CCCCCCCCCCCCCCN(C)CCC[SiH](OC)OC. The van der Waals surface area contributed by atoms with E-state index in [9.17, 15) is 0 Å². The van der Waals surface area contributed by atoms with Crippen LogP contribution < -0.4 is 0 Å². The van der Waals surface area contributed by atoms with Crippen LogP contribution >= 0.6 is 0 Å². The Bertz CT molecular complexity index is 238. The monoisotopic (exact) mass is 359 g/mol. The minimum absolute atomic E-state index is 1.12. The molecule has 0 aliphatic heterocycles. The van der Waals surface area contributed by atoms with Crippen molar-refractivity contribution in [1.29, 1.82) is 0 Å². The minimum Gasteiger partial charge on any atom is -0.400 e. The van der Waals surface area contributed by atoms with Gasteiger partial charge in [-0.05, 0) is 39.0 Å². The van der Waals surface area contributed by atoms with E-state index < -0.39 is 9.28 Å². The van der Waals surface area contributed by atoms with Gasteiger partial charge in [-0.25, -0.2) is 0 Å². The topological polar surface area (TPSA) is 21.7 Å². The van der Waals surface area contributed by atoms with E-state index in [0.29, 0.717) is 0 Å². The third kappa shape index (κ3) is 16.9. The molecule has 0 unspecified atom stereocenters. The molecule has 0 fully saturated rings. The fraction of sp³-hybridized carbons (Fsp3) is 1.00. The third-order valence-electron chi connectivity index (χ3n) is 4.90. The summed E-state index contributed by atoms with van der Waals surface area (Å²) in [5, 5.41) is 0. The molecule has 0 spiro atoms. The van der Waals surface area contributed by atoms with E-state index in [1.807, 2.05) is 0 Å². The van der Waals surface area contributed by atoms with Crippen molar-refractivity contribution in [2.45, 2.75) is 96.4 Å². The first-order valence-corrected chi connectivity index (χ1v) is 12.2. The van der Waals surface area contributed by atoms with Gasteiger partial charge in [0.25, 0.3) is 0 Å². The van der Waals surface area contributed by atoms with E-state index in [0.717, 1.165) is 6.04 Å². The van der Waals surface area contributed by atoms with Crippen LogP contribution in [0, 0.1) is 0 Å². The molecule has 0 radical (unpaired) electrons. The molecule has 0 saturated heterocycles. The van der Waals surface area contributed by atoms with E-state index in [4.69, 9.17) is 8.85 Å². The zero-order valence-electron chi connectivity index (χ0n) is 17.2. The highest BCUT2D eigenvalue weighted by molar-refractivity contribution is 6.44. The van der Waals surface area contributed by atoms with Crippen molar-refractivity contribution in [3.8, 4) is 0 Å². The normalized spacial score (nSPS) is 11.8. The lowest BCUT2D eigenvalue weighted by Crippen LogP contribution is -2.24. The number of hydrogen-bond acceptors (Lipinski definition) is 3. The molecule has 146 valence electrons. The van der Waals surface area contributed by atoms with Gasteiger partial charge in [0.05, 0.1) is 0 Å². The van der Waals surface area contributed by atoms with Gasteiger partial charge in [-0.2, -0.15) is 0 Å². The molecule has 0 rings (SSSR count). The molecule has 0 atom stereocenters. The summed E-state index contributed by atoms with van der Waals surface area (Å²) in [5.74, 6) is 0. The van der Waals surface area contributed by atoms with Crippen LogP contribution in [0.2, 0.25) is 6.04 Å². The van der Waals surface area contributed by atoms with Gasteiger partial charge in [-0.1, -0.05) is 77.6 Å². The predicted octanol–water partition coefficient (Wildman–Crippen LogP) is 5.52. The molecule has 4 heteroatoms. The maximum atomic E-state index is 5.36. The summed E-state index contributed by atoms with van der Waals surface area (Å²) in [6.07, 6.45) is 18.3. The van der Waals surface area contributed by atoms with E-state index in [2.05, 4.69) is 18.9 Å². The zero-order chi connectivity index (χ0) is 17.9. The number of unbranched alkanes of at least 4 members (excludes halogenated alkanes) is 11. The zero-order valence-corrected chi connectivity index (χ0v) is 18.3. The Kier molecular flexibility index (Phi) is 19.5.